The Morgan fingerprint density at radius 1 is 0.800 bits per heavy atom. The Bertz CT molecular complexity index is 3170. The van der Waals surface area contributed by atoms with E-state index in [9.17, 15) is 0 Å². The Hall–Kier alpha value is -6.72. The third kappa shape index (κ3) is 4.72. The second-order valence-electron chi connectivity index (χ2n) is 15.1. The molecule has 0 unspecified atom stereocenters. The summed E-state index contributed by atoms with van der Waals surface area (Å²) in [5.74, 6) is 0.705. The van der Waals surface area contributed by atoms with Crippen LogP contribution in [0.2, 0.25) is 0 Å². The van der Waals surface area contributed by atoms with E-state index in [1.807, 2.05) is 25.1 Å². The first kappa shape index (κ1) is 32.9. The summed E-state index contributed by atoms with van der Waals surface area (Å²) in [7, 11) is 0. The van der Waals surface area contributed by atoms with E-state index in [0.29, 0.717) is 5.82 Å². The highest BCUT2D eigenvalue weighted by atomic mass is 16.3. The van der Waals surface area contributed by atoms with Crippen LogP contribution in [-0.4, -0.2) is 19.1 Å². The van der Waals surface area contributed by atoms with Gasteiger partial charge >= 0.3 is 0 Å². The number of allylic oxidation sites excluding steroid dienone is 6. The van der Waals surface area contributed by atoms with Crippen molar-refractivity contribution >= 4 is 72.1 Å². The first-order valence-electron chi connectivity index (χ1n) is 18.9. The maximum Gasteiger partial charge on any atom is 0.213 e. The highest BCUT2D eigenvalue weighted by Crippen LogP contribution is 2.50. The average molecular weight is 713 g/mol. The van der Waals surface area contributed by atoms with E-state index in [-0.39, 0.29) is 5.41 Å². The zero-order chi connectivity index (χ0) is 37.6. The smallest absolute Gasteiger partial charge is 0.213 e. The highest BCUT2D eigenvalue weighted by molar-refractivity contribution is 6.21. The number of para-hydroxylation sites is 4. The summed E-state index contributed by atoms with van der Waals surface area (Å²) in [6, 6.07) is 38.7. The molecule has 1 aliphatic heterocycles. The van der Waals surface area contributed by atoms with E-state index >= 15 is 0 Å². The van der Waals surface area contributed by atoms with Gasteiger partial charge in [0.2, 0.25) is 5.71 Å². The molecule has 0 fully saturated rings. The van der Waals surface area contributed by atoms with Gasteiger partial charge in [0.25, 0.3) is 0 Å². The van der Waals surface area contributed by atoms with Gasteiger partial charge in [-0.2, -0.15) is 0 Å². The zero-order valence-electron chi connectivity index (χ0n) is 31.7. The van der Waals surface area contributed by atoms with Crippen molar-refractivity contribution in [2.24, 2.45) is 0 Å². The molecule has 1 aliphatic rings. The minimum absolute atomic E-state index is 0.272. The standard InChI is InChI=1S/C50H40N4O/c1-7-9-17-33(8-2)53-31(4)38(34-18-11-14-24-42(34)53)28-30(3)48-51-41-23-13-10-19-35(41)46(52-48)32-26-27-43-40(29-32)50(5,6)39-22-16-21-37-45-36-20-12-15-25-44(36)55-49(45)54(43)47(37)39/h7-29H,2H2,1,3-6H3/b9-7-,30-28+,33-17+. The molecule has 0 bridgehead atoms. The molecule has 0 spiro atoms. The van der Waals surface area contributed by atoms with E-state index in [1.54, 1.807) is 0 Å². The lowest BCUT2D eigenvalue weighted by molar-refractivity contribution is 0.612. The van der Waals surface area contributed by atoms with Crippen molar-refractivity contribution in [3.63, 3.8) is 0 Å². The summed E-state index contributed by atoms with van der Waals surface area (Å²) in [5.41, 5.74) is 14.7. The molecule has 266 valence electrons. The molecule has 55 heavy (non-hydrogen) atoms. The molecule has 0 N–H and O–H groups in total. The van der Waals surface area contributed by atoms with Crippen LogP contribution < -0.4 is 0 Å². The number of hydrogen-bond acceptors (Lipinski definition) is 3. The van der Waals surface area contributed by atoms with E-state index in [0.717, 1.165) is 72.6 Å². The monoisotopic (exact) mass is 712 g/mol. The fourth-order valence-corrected chi connectivity index (χ4v) is 8.89. The summed E-state index contributed by atoms with van der Waals surface area (Å²) >= 11 is 0. The fourth-order valence-electron chi connectivity index (χ4n) is 8.89. The van der Waals surface area contributed by atoms with E-state index in [2.05, 4.69) is 165 Å². The number of aromatic nitrogens is 4. The van der Waals surface area contributed by atoms with Crippen LogP contribution in [0.4, 0.5) is 0 Å². The van der Waals surface area contributed by atoms with Gasteiger partial charge in [0.05, 0.1) is 33.3 Å². The van der Waals surface area contributed by atoms with Crippen LogP contribution in [0.5, 0.6) is 0 Å². The summed E-state index contributed by atoms with van der Waals surface area (Å²) < 4.78 is 11.2. The zero-order valence-corrected chi connectivity index (χ0v) is 31.7. The number of rotatable bonds is 6. The molecule has 0 aliphatic carbocycles. The Morgan fingerprint density at radius 3 is 2.36 bits per heavy atom. The second kappa shape index (κ2) is 12.2. The van der Waals surface area contributed by atoms with Crippen LogP contribution in [0.25, 0.3) is 89.1 Å². The molecular formula is C50H40N4O. The van der Waals surface area contributed by atoms with Crippen molar-refractivity contribution in [3.8, 4) is 16.9 Å². The quantitative estimate of drug-likeness (QED) is 0.161. The lowest BCUT2D eigenvalue weighted by atomic mass is 9.74. The van der Waals surface area contributed by atoms with Crippen molar-refractivity contribution < 1.29 is 4.42 Å². The van der Waals surface area contributed by atoms with Gasteiger partial charge in [-0.1, -0.05) is 111 Å². The van der Waals surface area contributed by atoms with Crippen LogP contribution >= 0.6 is 0 Å². The molecule has 5 heteroatoms. The lowest BCUT2D eigenvalue weighted by Gasteiger charge is -2.34. The number of hydrogen-bond donors (Lipinski definition) is 0. The summed E-state index contributed by atoms with van der Waals surface area (Å²) in [4.78, 5) is 10.5. The van der Waals surface area contributed by atoms with Crippen LogP contribution in [0.15, 0.2) is 144 Å². The molecule has 10 rings (SSSR count). The van der Waals surface area contributed by atoms with Crippen molar-refractivity contribution in [2.75, 3.05) is 0 Å². The van der Waals surface area contributed by atoms with Crippen LogP contribution in [-0.2, 0) is 5.41 Å². The van der Waals surface area contributed by atoms with Crippen molar-refractivity contribution in [2.45, 2.75) is 40.0 Å². The van der Waals surface area contributed by atoms with Gasteiger partial charge in [0.1, 0.15) is 5.58 Å². The van der Waals surface area contributed by atoms with Crippen molar-refractivity contribution in [1.82, 2.24) is 19.1 Å². The first-order valence-corrected chi connectivity index (χ1v) is 18.9. The molecule has 0 saturated heterocycles. The topological polar surface area (TPSA) is 48.8 Å². The first-order chi connectivity index (χ1) is 26.8. The van der Waals surface area contributed by atoms with Crippen LogP contribution in [0, 0.1) is 6.92 Å². The van der Waals surface area contributed by atoms with Gasteiger partial charge in [0.15, 0.2) is 5.82 Å². The molecular weight excluding hydrogens is 673 g/mol. The predicted octanol–water partition coefficient (Wildman–Crippen LogP) is 13.2. The Labute approximate surface area is 319 Å². The molecule has 5 heterocycles. The Morgan fingerprint density at radius 2 is 1.55 bits per heavy atom. The molecule has 0 radical (unpaired) electrons. The SMILES string of the molecule is C=C/C(=C\C=C/C)n1c(C)c(/C=C(\C)c2nc(-c3ccc4c(c3)C(C)(C)c3cccc5c6c7ccccc7oc6n-4c35)c3ccccc3n2)c2ccccc21. The van der Waals surface area contributed by atoms with Gasteiger partial charge < -0.3 is 8.98 Å². The third-order valence-corrected chi connectivity index (χ3v) is 11.6. The van der Waals surface area contributed by atoms with E-state index < -0.39 is 0 Å². The number of fused-ring (bicyclic) bond motifs is 9. The summed E-state index contributed by atoms with van der Waals surface area (Å²) in [5, 5.41) is 5.73. The summed E-state index contributed by atoms with van der Waals surface area (Å²) in [6.07, 6.45) is 10.3. The molecule has 5 aromatic carbocycles. The number of benzene rings is 5. The van der Waals surface area contributed by atoms with Gasteiger partial charge in [-0.25, -0.2) is 9.97 Å². The van der Waals surface area contributed by atoms with Gasteiger partial charge in [-0.3, -0.25) is 4.57 Å². The lowest BCUT2D eigenvalue weighted by Crippen LogP contribution is -2.26. The van der Waals surface area contributed by atoms with Crippen molar-refractivity contribution in [3.05, 3.63) is 168 Å². The number of furan rings is 1. The van der Waals surface area contributed by atoms with E-state index in [4.69, 9.17) is 14.4 Å². The van der Waals surface area contributed by atoms with Crippen LogP contribution in [0.3, 0.4) is 0 Å². The second-order valence-corrected chi connectivity index (χ2v) is 15.1. The molecule has 0 atom stereocenters. The minimum Gasteiger partial charge on any atom is -0.439 e. The maximum absolute atomic E-state index is 6.63. The fraction of sp³-hybridized carbons (Fsp3) is 0.120. The van der Waals surface area contributed by atoms with Gasteiger partial charge in [0, 0.05) is 49.5 Å². The molecule has 0 amide bonds. The normalized spacial score (nSPS) is 14.3. The third-order valence-electron chi connectivity index (χ3n) is 11.6. The average Bonchev–Trinajstić information content (AvgIpc) is 3.84. The van der Waals surface area contributed by atoms with Gasteiger partial charge in [-0.15, -0.1) is 0 Å². The maximum atomic E-state index is 6.63. The minimum atomic E-state index is -0.272. The number of nitrogens with zero attached hydrogens (tertiary/aromatic N) is 4. The van der Waals surface area contributed by atoms with Crippen LogP contribution in [0.1, 0.15) is 55.9 Å². The van der Waals surface area contributed by atoms with Crippen molar-refractivity contribution in [1.29, 1.82) is 0 Å². The van der Waals surface area contributed by atoms with E-state index in [1.165, 1.54) is 32.8 Å². The molecule has 5 nitrogen and oxygen atoms in total. The highest BCUT2D eigenvalue weighted by Gasteiger charge is 2.37. The largest absolute Gasteiger partial charge is 0.439 e. The predicted molar refractivity (Wildman–Crippen MR) is 231 cm³/mol. The molecule has 4 aromatic heterocycles. The van der Waals surface area contributed by atoms with Gasteiger partial charge in [-0.05, 0) is 86.0 Å². The summed E-state index contributed by atoms with van der Waals surface area (Å²) in [6.45, 7) is 15.1. The Balaban J connectivity index is 1.16. The molecule has 9 aromatic rings. The Kier molecular flexibility index (Phi) is 7.27. The molecule has 0 saturated carbocycles.